The van der Waals surface area contributed by atoms with Gasteiger partial charge in [0.05, 0.1) is 11.2 Å². The van der Waals surface area contributed by atoms with Crippen molar-refractivity contribution in [1.82, 2.24) is 9.55 Å². The molecule has 5 nitrogen and oxygen atoms in total. The molecule has 2 aromatic carbocycles. The lowest BCUT2D eigenvalue weighted by Crippen LogP contribution is -2.24. The fourth-order valence-corrected chi connectivity index (χ4v) is 3.10. The molecule has 0 atom stereocenters. The molecule has 2 heterocycles. The summed E-state index contributed by atoms with van der Waals surface area (Å²) in [5.74, 6) is -2.50. The molecule has 2 aromatic heterocycles. The fourth-order valence-electron chi connectivity index (χ4n) is 3.10. The van der Waals surface area contributed by atoms with E-state index in [1.165, 1.54) is 16.8 Å². The molecule has 0 radical (unpaired) electrons. The van der Waals surface area contributed by atoms with Gasteiger partial charge in [0.15, 0.2) is 0 Å². The quantitative estimate of drug-likeness (QED) is 0.594. The first kappa shape index (κ1) is 17.5. The van der Waals surface area contributed by atoms with Crippen LogP contribution in [-0.4, -0.2) is 15.5 Å². The molecule has 0 saturated carbocycles. The van der Waals surface area contributed by atoms with E-state index >= 15 is 0 Å². The molecule has 0 fully saturated rings. The smallest absolute Gasteiger partial charge is 0.254 e. The van der Waals surface area contributed by atoms with E-state index in [9.17, 15) is 18.4 Å². The van der Waals surface area contributed by atoms with Crippen molar-refractivity contribution in [3.8, 4) is 16.8 Å². The summed E-state index contributed by atoms with van der Waals surface area (Å²) in [6.45, 7) is 0. The Bertz CT molecular complexity index is 1280. The molecule has 0 spiro atoms. The number of nitrogens with zero attached hydrogens (tertiary/aromatic N) is 2. The number of halogens is 2. The highest BCUT2D eigenvalue weighted by molar-refractivity contribution is 5.97. The van der Waals surface area contributed by atoms with Crippen molar-refractivity contribution >= 4 is 16.8 Å². The Hall–Kier alpha value is -3.87. The molecule has 7 heteroatoms. The summed E-state index contributed by atoms with van der Waals surface area (Å²) in [6.07, 6.45) is 4.44. The average Bonchev–Trinajstić information content (AvgIpc) is 2.69. The molecule has 28 heavy (non-hydrogen) atoms. The second-order valence-corrected chi connectivity index (χ2v) is 6.17. The molecule has 2 N–H and O–H groups in total. The summed E-state index contributed by atoms with van der Waals surface area (Å²) in [5, 5.41) is 0.192. The lowest BCUT2D eigenvalue weighted by atomic mass is 10.0. The van der Waals surface area contributed by atoms with Crippen LogP contribution in [0.1, 0.15) is 10.4 Å². The third kappa shape index (κ3) is 2.92. The Labute approximate surface area is 157 Å². The minimum Gasteiger partial charge on any atom is -0.365 e. The van der Waals surface area contributed by atoms with Gasteiger partial charge in [0.2, 0.25) is 5.43 Å². The van der Waals surface area contributed by atoms with Gasteiger partial charge >= 0.3 is 0 Å². The second kappa shape index (κ2) is 6.70. The molecular formula is C21H13F2N3O2. The van der Waals surface area contributed by atoms with E-state index in [4.69, 9.17) is 5.73 Å². The predicted molar refractivity (Wildman–Crippen MR) is 101 cm³/mol. The number of carbonyl (C=O) groups is 1. The predicted octanol–water partition coefficient (Wildman–Crippen LogP) is 3.43. The molecule has 1 amide bonds. The molecule has 0 aliphatic rings. The molecule has 0 unspecified atom stereocenters. The Morgan fingerprint density at radius 3 is 2.39 bits per heavy atom. The Morgan fingerprint density at radius 2 is 1.71 bits per heavy atom. The van der Waals surface area contributed by atoms with Crippen molar-refractivity contribution in [3.05, 3.63) is 94.5 Å². The van der Waals surface area contributed by atoms with Crippen molar-refractivity contribution < 1.29 is 13.6 Å². The zero-order valence-corrected chi connectivity index (χ0v) is 14.4. The van der Waals surface area contributed by atoms with Crippen LogP contribution in [-0.2, 0) is 0 Å². The van der Waals surface area contributed by atoms with Gasteiger partial charge in [-0.05, 0) is 47.5 Å². The zero-order chi connectivity index (χ0) is 19.8. The third-order valence-corrected chi connectivity index (χ3v) is 4.45. The van der Waals surface area contributed by atoms with Gasteiger partial charge in [-0.1, -0.05) is 6.07 Å². The van der Waals surface area contributed by atoms with Crippen LogP contribution in [0.2, 0.25) is 0 Å². The molecule has 0 saturated heterocycles. The van der Waals surface area contributed by atoms with E-state index in [0.29, 0.717) is 5.52 Å². The summed E-state index contributed by atoms with van der Waals surface area (Å²) < 4.78 is 29.1. The van der Waals surface area contributed by atoms with Crippen LogP contribution in [0, 0.1) is 11.6 Å². The Balaban J connectivity index is 2.09. The number of fused-ring (bicyclic) bond motifs is 1. The second-order valence-electron chi connectivity index (χ2n) is 6.17. The lowest BCUT2D eigenvalue weighted by molar-refractivity contribution is 0.0999. The van der Waals surface area contributed by atoms with Crippen molar-refractivity contribution in [2.45, 2.75) is 0 Å². The molecular weight excluding hydrogens is 364 g/mol. The van der Waals surface area contributed by atoms with Gasteiger partial charge in [-0.2, -0.15) is 0 Å². The number of aromatic nitrogens is 2. The zero-order valence-electron chi connectivity index (χ0n) is 14.4. The van der Waals surface area contributed by atoms with Gasteiger partial charge in [-0.15, -0.1) is 0 Å². The highest BCUT2D eigenvalue weighted by atomic mass is 19.1. The van der Waals surface area contributed by atoms with E-state index < -0.39 is 23.0 Å². The van der Waals surface area contributed by atoms with Crippen LogP contribution in [0.4, 0.5) is 8.78 Å². The largest absolute Gasteiger partial charge is 0.365 e. The fraction of sp³-hybridized carbons (Fsp3) is 0. The van der Waals surface area contributed by atoms with E-state index in [1.54, 1.807) is 42.7 Å². The highest BCUT2D eigenvalue weighted by Crippen LogP contribution is 2.26. The first-order valence-corrected chi connectivity index (χ1v) is 8.31. The molecule has 0 aliphatic heterocycles. The van der Waals surface area contributed by atoms with Gasteiger partial charge in [-0.25, -0.2) is 8.78 Å². The Morgan fingerprint density at radius 1 is 0.964 bits per heavy atom. The van der Waals surface area contributed by atoms with Crippen molar-refractivity contribution in [2.75, 3.05) is 0 Å². The number of benzene rings is 2. The normalized spacial score (nSPS) is 10.9. The van der Waals surface area contributed by atoms with Crippen molar-refractivity contribution in [2.24, 2.45) is 5.73 Å². The van der Waals surface area contributed by atoms with Crippen molar-refractivity contribution in [3.63, 3.8) is 0 Å². The van der Waals surface area contributed by atoms with Crippen molar-refractivity contribution in [1.29, 1.82) is 0 Å². The number of hydrogen-bond acceptors (Lipinski definition) is 3. The maximum absolute atomic E-state index is 14.5. The van der Waals surface area contributed by atoms with E-state index in [-0.39, 0.29) is 16.6 Å². The van der Waals surface area contributed by atoms with Gasteiger partial charge in [-0.3, -0.25) is 14.6 Å². The summed E-state index contributed by atoms with van der Waals surface area (Å²) >= 11 is 0. The van der Waals surface area contributed by atoms with E-state index in [1.807, 2.05) is 0 Å². The van der Waals surface area contributed by atoms with Crippen LogP contribution in [0.25, 0.3) is 27.7 Å². The molecule has 0 bridgehead atoms. The number of rotatable bonds is 3. The Kier molecular flexibility index (Phi) is 4.19. The van der Waals surface area contributed by atoms with Gasteiger partial charge in [0.1, 0.15) is 17.2 Å². The van der Waals surface area contributed by atoms with Crippen LogP contribution >= 0.6 is 0 Å². The summed E-state index contributed by atoms with van der Waals surface area (Å²) in [7, 11) is 0. The number of carbonyl (C=O) groups excluding carboxylic acids is 1. The lowest BCUT2D eigenvalue weighted by Gasteiger charge is -2.15. The topological polar surface area (TPSA) is 78.0 Å². The van der Waals surface area contributed by atoms with E-state index in [2.05, 4.69) is 4.98 Å². The monoisotopic (exact) mass is 377 g/mol. The average molecular weight is 377 g/mol. The SMILES string of the molecule is NC(=O)c1cn(-c2ccc(F)cc2F)c2cc(-c3ccncc3)ccc2c1=O. The van der Waals surface area contributed by atoms with Gasteiger partial charge < -0.3 is 10.3 Å². The first-order chi connectivity index (χ1) is 13.5. The highest BCUT2D eigenvalue weighted by Gasteiger charge is 2.17. The number of nitrogens with two attached hydrogens (primary N) is 1. The number of amides is 1. The van der Waals surface area contributed by atoms with Crippen LogP contribution in [0.3, 0.4) is 0 Å². The standard InChI is InChI=1S/C21H13F2N3O2/c22-14-2-4-18(17(23)10-14)26-11-16(21(24)28)20(27)15-3-1-13(9-19(15)26)12-5-7-25-8-6-12/h1-11H,(H2,24,28). The minimum absolute atomic E-state index is 0.0132. The summed E-state index contributed by atoms with van der Waals surface area (Å²) in [4.78, 5) is 28.4. The van der Waals surface area contributed by atoms with Crippen LogP contribution in [0.15, 0.2) is 71.9 Å². The molecule has 0 aliphatic carbocycles. The van der Waals surface area contributed by atoms with E-state index in [0.717, 1.165) is 23.3 Å². The summed E-state index contributed by atoms with van der Waals surface area (Å²) in [5.41, 5.74) is 6.43. The first-order valence-electron chi connectivity index (χ1n) is 8.31. The van der Waals surface area contributed by atoms with Crippen LogP contribution < -0.4 is 11.2 Å². The number of pyridine rings is 2. The molecule has 4 aromatic rings. The third-order valence-electron chi connectivity index (χ3n) is 4.45. The van der Waals surface area contributed by atoms with Crippen LogP contribution in [0.5, 0.6) is 0 Å². The number of primary amides is 1. The minimum atomic E-state index is -0.929. The molecule has 138 valence electrons. The molecule has 4 rings (SSSR count). The maximum atomic E-state index is 14.5. The van der Waals surface area contributed by atoms with Gasteiger partial charge in [0.25, 0.3) is 5.91 Å². The number of hydrogen-bond donors (Lipinski definition) is 1. The summed E-state index contributed by atoms with van der Waals surface area (Å²) in [6, 6.07) is 11.6. The maximum Gasteiger partial charge on any atom is 0.254 e. The van der Waals surface area contributed by atoms with Gasteiger partial charge in [0, 0.05) is 30.0 Å².